The van der Waals surface area contributed by atoms with Crippen molar-refractivity contribution in [3.8, 4) is 0 Å². The van der Waals surface area contributed by atoms with Crippen LogP contribution in [0.25, 0.3) is 0 Å². The maximum absolute atomic E-state index is 13.4. The minimum absolute atomic E-state index is 0.102. The lowest BCUT2D eigenvalue weighted by molar-refractivity contribution is 0.433. The van der Waals surface area contributed by atoms with Crippen LogP contribution in [0.4, 0.5) is 4.39 Å². The molecule has 1 N–H and O–H groups in total. The highest BCUT2D eigenvalue weighted by molar-refractivity contribution is 5.23. The van der Waals surface area contributed by atoms with Gasteiger partial charge in [0.15, 0.2) is 0 Å². The molecule has 0 saturated heterocycles. The Hall–Kier alpha value is -0.890. The van der Waals surface area contributed by atoms with Gasteiger partial charge >= 0.3 is 0 Å². The summed E-state index contributed by atoms with van der Waals surface area (Å²) in [5.74, 6) is -0.102. The first kappa shape index (κ1) is 15.2. The first-order valence-electron chi connectivity index (χ1n) is 7.15. The van der Waals surface area contributed by atoms with Gasteiger partial charge in [0.05, 0.1) is 0 Å². The molecule has 0 bridgehead atoms. The highest BCUT2D eigenvalue weighted by Gasteiger charge is 2.07. The molecule has 1 atom stereocenters. The summed E-state index contributed by atoms with van der Waals surface area (Å²) in [6.45, 7) is 7.00. The summed E-state index contributed by atoms with van der Waals surface area (Å²) < 4.78 is 13.4. The predicted molar refractivity (Wildman–Crippen MR) is 76.2 cm³/mol. The third kappa shape index (κ3) is 5.18. The molecule has 0 heterocycles. The van der Waals surface area contributed by atoms with E-state index in [1.165, 1.54) is 32.1 Å². The fourth-order valence-corrected chi connectivity index (χ4v) is 2.16. The van der Waals surface area contributed by atoms with Gasteiger partial charge < -0.3 is 5.32 Å². The van der Waals surface area contributed by atoms with Crippen molar-refractivity contribution in [3.63, 3.8) is 0 Å². The topological polar surface area (TPSA) is 12.0 Å². The first-order chi connectivity index (χ1) is 8.67. The van der Waals surface area contributed by atoms with Gasteiger partial charge in [0.2, 0.25) is 0 Å². The van der Waals surface area contributed by atoms with Gasteiger partial charge in [-0.15, -0.1) is 0 Å². The van der Waals surface area contributed by atoms with Crippen LogP contribution in [-0.2, 0) is 6.54 Å². The lowest BCUT2D eigenvalue weighted by Crippen LogP contribution is -2.28. The van der Waals surface area contributed by atoms with Crippen LogP contribution in [0.2, 0.25) is 0 Å². The molecule has 1 rings (SSSR count). The zero-order valence-corrected chi connectivity index (χ0v) is 11.9. The minimum Gasteiger partial charge on any atom is -0.310 e. The second-order valence-corrected chi connectivity index (χ2v) is 5.09. The van der Waals surface area contributed by atoms with Crippen molar-refractivity contribution in [2.24, 2.45) is 0 Å². The van der Waals surface area contributed by atoms with Crippen molar-refractivity contribution >= 4 is 0 Å². The minimum atomic E-state index is -0.102. The highest BCUT2D eigenvalue weighted by atomic mass is 19.1. The Balaban J connectivity index is 2.47. The number of halogens is 1. The van der Waals surface area contributed by atoms with E-state index >= 15 is 0 Å². The lowest BCUT2D eigenvalue weighted by atomic mass is 10.0. The van der Waals surface area contributed by atoms with Crippen molar-refractivity contribution in [1.82, 2.24) is 5.32 Å². The van der Waals surface area contributed by atoms with Crippen LogP contribution < -0.4 is 5.32 Å². The molecule has 2 heteroatoms. The Morgan fingerprint density at radius 2 is 1.94 bits per heavy atom. The van der Waals surface area contributed by atoms with Crippen molar-refractivity contribution in [1.29, 1.82) is 0 Å². The molecule has 0 radical (unpaired) electrons. The van der Waals surface area contributed by atoms with E-state index in [9.17, 15) is 4.39 Å². The molecule has 0 aliphatic heterocycles. The van der Waals surface area contributed by atoms with Crippen LogP contribution in [0.3, 0.4) is 0 Å². The Kier molecular flexibility index (Phi) is 6.96. The maximum atomic E-state index is 13.4. The van der Waals surface area contributed by atoms with E-state index in [0.29, 0.717) is 6.04 Å². The highest BCUT2D eigenvalue weighted by Crippen LogP contribution is 2.11. The molecule has 0 fully saturated rings. The summed E-state index contributed by atoms with van der Waals surface area (Å²) in [5, 5.41) is 3.55. The summed E-state index contributed by atoms with van der Waals surface area (Å²) in [7, 11) is 0. The van der Waals surface area contributed by atoms with Crippen molar-refractivity contribution in [2.45, 2.75) is 65.5 Å². The van der Waals surface area contributed by atoms with Crippen molar-refractivity contribution in [3.05, 3.63) is 35.1 Å². The zero-order chi connectivity index (χ0) is 13.4. The normalized spacial score (nSPS) is 12.7. The van der Waals surface area contributed by atoms with Crippen LogP contribution in [0.5, 0.6) is 0 Å². The van der Waals surface area contributed by atoms with Crippen LogP contribution in [-0.4, -0.2) is 6.04 Å². The molecular formula is C16H26FN. The number of benzene rings is 1. The maximum Gasteiger partial charge on any atom is 0.126 e. The standard InChI is InChI=1S/C16H26FN/c1-4-6-8-15(7-5-2)18-12-14-10-9-13(3)16(17)11-14/h9-11,15,18H,4-8,12H2,1-3H3. The fourth-order valence-electron chi connectivity index (χ4n) is 2.16. The third-order valence-electron chi connectivity index (χ3n) is 3.37. The van der Waals surface area contributed by atoms with Gasteiger partial charge in [-0.2, -0.15) is 0 Å². The number of nitrogens with one attached hydrogen (secondary N) is 1. The molecule has 1 nitrogen and oxygen atoms in total. The molecule has 1 aromatic carbocycles. The molecule has 0 amide bonds. The van der Waals surface area contributed by atoms with Gasteiger partial charge in [0.1, 0.15) is 5.82 Å². The van der Waals surface area contributed by atoms with E-state index in [2.05, 4.69) is 19.2 Å². The molecule has 0 aliphatic rings. The Bertz CT molecular complexity index is 349. The largest absolute Gasteiger partial charge is 0.310 e. The molecule has 1 unspecified atom stereocenters. The lowest BCUT2D eigenvalue weighted by Gasteiger charge is -2.18. The smallest absolute Gasteiger partial charge is 0.126 e. The van der Waals surface area contributed by atoms with Gasteiger partial charge in [-0.05, 0) is 37.0 Å². The number of aryl methyl sites for hydroxylation is 1. The van der Waals surface area contributed by atoms with Gasteiger partial charge in [0.25, 0.3) is 0 Å². The summed E-state index contributed by atoms with van der Waals surface area (Å²) in [5.41, 5.74) is 1.76. The Morgan fingerprint density at radius 3 is 2.56 bits per heavy atom. The average molecular weight is 251 g/mol. The van der Waals surface area contributed by atoms with Gasteiger partial charge in [-0.25, -0.2) is 4.39 Å². The molecular weight excluding hydrogens is 225 g/mol. The fraction of sp³-hybridized carbons (Fsp3) is 0.625. The number of hydrogen-bond acceptors (Lipinski definition) is 1. The Labute approximate surface area is 111 Å². The average Bonchev–Trinajstić information content (AvgIpc) is 2.37. The van der Waals surface area contributed by atoms with Crippen LogP contribution >= 0.6 is 0 Å². The van der Waals surface area contributed by atoms with E-state index in [0.717, 1.165) is 17.7 Å². The molecule has 18 heavy (non-hydrogen) atoms. The zero-order valence-electron chi connectivity index (χ0n) is 11.9. The number of hydrogen-bond donors (Lipinski definition) is 1. The third-order valence-corrected chi connectivity index (χ3v) is 3.37. The Morgan fingerprint density at radius 1 is 1.17 bits per heavy atom. The SMILES string of the molecule is CCCCC(CCC)NCc1ccc(C)c(F)c1. The van der Waals surface area contributed by atoms with E-state index in [-0.39, 0.29) is 5.82 Å². The second-order valence-electron chi connectivity index (χ2n) is 5.09. The quantitative estimate of drug-likeness (QED) is 0.713. The summed E-state index contributed by atoms with van der Waals surface area (Å²) in [4.78, 5) is 0. The molecule has 1 aromatic rings. The van der Waals surface area contributed by atoms with E-state index in [4.69, 9.17) is 0 Å². The molecule has 0 saturated carbocycles. The summed E-state index contributed by atoms with van der Waals surface area (Å²) >= 11 is 0. The second kappa shape index (κ2) is 8.25. The van der Waals surface area contributed by atoms with Crippen LogP contribution in [0.1, 0.15) is 57.1 Å². The van der Waals surface area contributed by atoms with Gasteiger partial charge in [-0.3, -0.25) is 0 Å². The number of rotatable bonds is 8. The molecule has 0 aromatic heterocycles. The monoisotopic (exact) mass is 251 g/mol. The summed E-state index contributed by atoms with van der Waals surface area (Å²) in [6.07, 6.45) is 6.12. The molecule has 102 valence electrons. The predicted octanol–water partition coefficient (Wildman–Crippen LogP) is 4.58. The van der Waals surface area contributed by atoms with Gasteiger partial charge in [-0.1, -0.05) is 45.2 Å². The molecule has 0 aliphatic carbocycles. The van der Waals surface area contributed by atoms with Gasteiger partial charge in [0, 0.05) is 12.6 Å². The van der Waals surface area contributed by atoms with Crippen LogP contribution in [0.15, 0.2) is 18.2 Å². The first-order valence-corrected chi connectivity index (χ1v) is 7.15. The number of unbranched alkanes of at least 4 members (excludes halogenated alkanes) is 1. The van der Waals surface area contributed by atoms with Crippen molar-refractivity contribution in [2.75, 3.05) is 0 Å². The van der Waals surface area contributed by atoms with E-state index in [1.807, 2.05) is 12.1 Å². The van der Waals surface area contributed by atoms with Crippen LogP contribution in [0, 0.1) is 12.7 Å². The van der Waals surface area contributed by atoms with E-state index < -0.39 is 0 Å². The summed E-state index contributed by atoms with van der Waals surface area (Å²) in [6, 6.07) is 6.08. The van der Waals surface area contributed by atoms with Crippen molar-refractivity contribution < 1.29 is 4.39 Å². The van der Waals surface area contributed by atoms with E-state index in [1.54, 1.807) is 13.0 Å². The molecule has 0 spiro atoms.